The fourth-order valence-electron chi connectivity index (χ4n) is 4.60. The molecule has 0 atom stereocenters. The zero-order valence-electron chi connectivity index (χ0n) is 22.0. The van der Waals surface area contributed by atoms with Crippen LogP contribution in [0.3, 0.4) is 0 Å². The number of rotatable bonds is 7. The lowest BCUT2D eigenvalue weighted by Crippen LogP contribution is -2.28. The first kappa shape index (κ1) is 25.1. The van der Waals surface area contributed by atoms with E-state index in [2.05, 4.69) is 10.2 Å². The highest BCUT2D eigenvalue weighted by atomic mass is 16.5. The summed E-state index contributed by atoms with van der Waals surface area (Å²) in [5.74, 6) is 0.677. The summed E-state index contributed by atoms with van der Waals surface area (Å²) in [6.45, 7) is 7.81. The fraction of sp³-hybridized carbons (Fsp3) is 0.276. The van der Waals surface area contributed by atoms with Crippen LogP contribution in [0.4, 0.5) is 5.82 Å². The van der Waals surface area contributed by atoms with Crippen molar-refractivity contribution in [3.63, 3.8) is 0 Å². The molecule has 0 spiro atoms. The van der Waals surface area contributed by atoms with Crippen LogP contribution < -0.4 is 9.64 Å². The lowest BCUT2D eigenvalue weighted by molar-refractivity contribution is -0.142. The predicted octanol–water partition coefficient (Wildman–Crippen LogP) is 5.12. The number of aromatic nitrogens is 4. The van der Waals surface area contributed by atoms with Gasteiger partial charge in [0.25, 0.3) is 5.91 Å². The third-order valence-electron chi connectivity index (χ3n) is 7.05. The normalized spacial score (nSPS) is 13.2. The molecule has 5 rings (SSSR count). The Hall–Kier alpha value is -4.53. The number of benzene rings is 2. The highest BCUT2D eigenvalue weighted by Gasteiger charge is 2.32. The second-order valence-electron chi connectivity index (χ2n) is 10.1. The zero-order chi connectivity index (χ0) is 27.2. The quantitative estimate of drug-likeness (QED) is 0.367. The molecule has 1 amide bonds. The number of aliphatic carboxylic acids is 1. The van der Waals surface area contributed by atoms with E-state index < -0.39 is 11.4 Å². The number of pyridine rings is 1. The van der Waals surface area contributed by atoms with E-state index in [4.69, 9.17) is 9.72 Å². The van der Waals surface area contributed by atoms with Gasteiger partial charge in [0.05, 0.1) is 19.1 Å². The minimum absolute atomic E-state index is 0.139. The van der Waals surface area contributed by atoms with Crippen molar-refractivity contribution in [2.24, 2.45) is 0 Å². The van der Waals surface area contributed by atoms with Crippen LogP contribution in [0.2, 0.25) is 0 Å². The van der Waals surface area contributed by atoms with Gasteiger partial charge in [-0.25, -0.2) is 4.98 Å². The number of amides is 1. The van der Waals surface area contributed by atoms with Crippen molar-refractivity contribution in [3.05, 3.63) is 77.6 Å². The third kappa shape index (κ3) is 4.19. The van der Waals surface area contributed by atoms with Crippen LogP contribution >= 0.6 is 0 Å². The van der Waals surface area contributed by atoms with Crippen molar-refractivity contribution >= 4 is 17.7 Å². The van der Waals surface area contributed by atoms with Crippen LogP contribution in [-0.4, -0.2) is 43.8 Å². The molecule has 0 fully saturated rings. The molecule has 2 aromatic carbocycles. The summed E-state index contributed by atoms with van der Waals surface area (Å²) in [6.07, 6.45) is 1.68. The second kappa shape index (κ2) is 9.41. The van der Waals surface area contributed by atoms with Crippen molar-refractivity contribution in [1.82, 2.24) is 19.7 Å². The number of carboxylic acid groups (broad SMARTS) is 1. The van der Waals surface area contributed by atoms with Gasteiger partial charge in [-0.2, -0.15) is 0 Å². The van der Waals surface area contributed by atoms with Crippen LogP contribution in [0.25, 0.3) is 22.6 Å². The summed E-state index contributed by atoms with van der Waals surface area (Å²) >= 11 is 0. The monoisotopic (exact) mass is 511 g/mol. The number of hydrogen-bond donors (Lipinski definition) is 1. The summed E-state index contributed by atoms with van der Waals surface area (Å²) in [5, 5.41) is 17.9. The topological polar surface area (TPSA) is 110 Å². The van der Waals surface area contributed by atoms with E-state index in [1.54, 1.807) is 44.3 Å². The number of methoxy groups -OCH3 is 1. The molecule has 1 aliphatic rings. The second-order valence-corrected chi connectivity index (χ2v) is 10.1. The molecule has 1 aliphatic heterocycles. The first-order valence-electron chi connectivity index (χ1n) is 12.4. The minimum Gasteiger partial charge on any atom is -0.496 e. The Balaban J connectivity index is 1.47. The van der Waals surface area contributed by atoms with Gasteiger partial charge in [-0.15, -0.1) is 10.2 Å². The number of carbonyl (C=O) groups is 2. The van der Waals surface area contributed by atoms with Crippen LogP contribution in [0.1, 0.15) is 55.2 Å². The number of anilines is 1. The van der Waals surface area contributed by atoms with Crippen LogP contribution in [-0.2, 0) is 16.8 Å². The SMILES string of the molecule is COc1cc(C(C)(C)C(=O)O)ccc1-c1ccc2c(c1)C(=O)N(c1cccc(-c3nncn3C(C)C)n1)C2. The highest BCUT2D eigenvalue weighted by Crippen LogP contribution is 2.37. The Morgan fingerprint density at radius 2 is 1.87 bits per heavy atom. The van der Waals surface area contributed by atoms with E-state index in [1.165, 1.54) is 0 Å². The molecule has 9 heteroatoms. The summed E-state index contributed by atoms with van der Waals surface area (Å²) < 4.78 is 7.56. The van der Waals surface area contributed by atoms with Crippen LogP contribution in [0, 0.1) is 0 Å². The lowest BCUT2D eigenvalue weighted by atomic mass is 9.83. The Kier molecular flexibility index (Phi) is 6.22. The van der Waals surface area contributed by atoms with Crippen molar-refractivity contribution in [2.75, 3.05) is 12.0 Å². The van der Waals surface area contributed by atoms with Crippen molar-refractivity contribution in [2.45, 2.75) is 45.7 Å². The zero-order valence-corrected chi connectivity index (χ0v) is 22.0. The van der Waals surface area contributed by atoms with Gasteiger partial charge in [0.1, 0.15) is 23.6 Å². The molecular formula is C29H29N5O4. The van der Waals surface area contributed by atoms with Gasteiger partial charge in [-0.05, 0) is 68.7 Å². The van der Waals surface area contributed by atoms with E-state index in [1.807, 2.05) is 60.9 Å². The molecule has 194 valence electrons. The Labute approximate surface area is 220 Å². The van der Waals surface area contributed by atoms with Gasteiger partial charge in [0.2, 0.25) is 0 Å². The molecule has 0 bridgehead atoms. The van der Waals surface area contributed by atoms with Crippen molar-refractivity contribution < 1.29 is 19.4 Å². The number of nitrogens with zero attached hydrogens (tertiary/aromatic N) is 5. The minimum atomic E-state index is -1.07. The van der Waals surface area contributed by atoms with Crippen LogP contribution in [0.15, 0.2) is 60.9 Å². The van der Waals surface area contributed by atoms with Crippen LogP contribution in [0.5, 0.6) is 5.75 Å². The number of ether oxygens (including phenoxy) is 1. The summed E-state index contributed by atoms with van der Waals surface area (Å²) in [5.41, 5.74) is 3.29. The van der Waals surface area contributed by atoms with Gasteiger partial charge in [0.15, 0.2) is 5.82 Å². The third-order valence-corrected chi connectivity index (χ3v) is 7.05. The number of hydrogen-bond acceptors (Lipinski definition) is 6. The molecule has 3 heterocycles. The number of carbonyl (C=O) groups excluding carboxylic acids is 1. The largest absolute Gasteiger partial charge is 0.496 e. The smallest absolute Gasteiger partial charge is 0.313 e. The average molecular weight is 512 g/mol. The molecule has 0 unspecified atom stereocenters. The Morgan fingerprint density at radius 3 is 2.58 bits per heavy atom. The van der Waals surface area contributed by atoms with E-state index in [0.717, 1.165) is 16.7 Å². The molecule has 38 heavy (non-hydrogen) atoms. The van der Waals surface area contributed by atoms with Gasteiger partial charge < -0.3 is 14.4 Å². The van der Waals surface area contributed by atoms with E-state index in [9.17, 15) is 14.7 Å². The van der Waals surface area contributed by atoms with E-state index in [-0.39, 0.29) is 11.9 Å². The van der Waals surface area contributed by atoms with Crippen molar-refractivity contribution in [3.8, 4) is 28.4 Å². The summed E-state index contributed by atoms with van der Waals surface area (Å²) in [7, 11) is 1.55. The Bertz CT molecular complexity index is 1560. The first-order chi connectivity index (χ1) is 18.1. The van der Waals surface area contributed by atoms with Gasteiger partial charge in [-0.1, -0.05) is 30.3 Å². The highest BCUT2D eigenvalue weighted by molar-refractivity contribution is 6.10. The molecule has 4 aromatic rings. The maximum absolute atomic E-state index is 13.5. The maximum Gasteiger partial charge on any atom is 0.313 e. The molecule has 1 N–H and O–H groups in total. The molecule has 9 nitrogen and oxygen atoms in total. The molecule has 0 aliphatic carbocycles. The number of carboxylic acids is 1. The molecule has 0 saturated heterocycles. The lowest BCUT2D eigenvalue weighted by Gasteiger charge is -2.21. The summed E-state index contributed by atoms with van der Waals surface area (Å²) in [6, 6.07) is 16.8. The summed E-state index contributed by atoms with van der Waals surface area (Å²) in [4.78, 5) is 31.6. The van der Waals surface area contributed by atoms with Crippen molar-refractivity contribution in [1.29, 1.82) is 0 Å². The van der Waals surface area contributed by atoms with Gasteiger partial charge in [0, 0.05) is 17.2 Å². The fourth-order valence-corrected chi connectivity index (χ4v) is 4.60. The predicted molar refractivity (Wildman–Crippen MR) is 143 cm³/mol. The molecule has 0 radical (unpaired) electrons. The Morgan fingerprint density at radius 1 is 1.08 bits per heavy atom. The van der Waals surface area contributed by atoms with E-state index >= 15 is 0 Å². The molecular weight excluding hydrogens is 482 g/mol. The first-order valence-corrected chi connectivity index (χ1v) is 12.4. The number of fused-ring (bicyclic) bond motifs is 1. The van der Waals surface area contributed by atoms with Gasteiger partial charge >= 0.3 is 5.97 Å². The molecule has 0 saturated carbocycles. The van der Waals surface area contributed by atoms with Gasteiger partial charge in [-0.3, -0.25) is 14.5 Å². The van der Waals surface area contributed by atoms with E-state index in [0.29, 0.717) is 40.8 Å². The maximum atomic E-state index is 13.5. The average Bonchev–Trinajstić information content (AvgIpc) is 3.53. The molecule has 2 aromatic heterocycles. The standard InChI is InChI=1S/C29H29N5O4/c1-17(2)34-16-30-32-26(34)23-7-6-8-25(31-23)33-15-19-10-9-18(13-22(19)27(33)35)21-12-11-20(14-24(21)38-5)29(3,4)28(36)37/h6-14,16-17H,15H2,1-5H3,(H,36,37).